The van der Waals surface area contributed by atoms with Gasteiger partial charge in [0.25, 0.3) is 9.84 Å². The van der Waals surface area contributed by atoms with Gasteiger partial charge >= 0.3 is 11.4 Å². The van der Waals surface area contributed by atoms with Crippen molar-refractivity contribution < 1.29 is 37.0 Å². The second-order valence-electron chi connectivity index (χ2n) is 7.60. The third-order valence-electron chi connectivity index (χ3n) is 5.30. The van der Waals surface area contributed by atoms with Gasteiger partial charge in [0.1, 0.15) is 12.2 Å². The first kappa shape index (κ1) is 22.3. The molecule has 10 heteroatoms. The third-order valence-corrected chi connectivity index (χ3v) is 6.73. The minimum atomic E-state index is -4.31. The molecule has 0 aromatic heterocycles. The lowest BCUT2D eigenvalue weighted by Crippen LogP contribution is -2.38. The molecule has 2 aromatic carbocycles. The van der Waals surface area contributed by atoms with Gasteiger partial charge in [-0.3, -0.25) is 0 Å². The Kier molecular flexibility index (Phi) is 6.45. The number of carbonyl (C=O) groups excluding carboxylic acids is 2. The summed E-state index contributed by atoms with van der Waals surface area (Å²) < 4.78 is 46.8. The molecule has 1 N–H and O–H groups in total. The highest BCUT2D eigenvalue weighted by Crippen LogP contribution is 2.31. The number of carbonyl (C=O) groups is 2. The Balaban J connectivity index is 1.31. The molecule has 2 aliphatic heterocycles. The summed E-state index contributed by atoms with van der Waals surface area (Å²) in [6, 6.07) is 15.3. The fourth-order valence-electron chi connectivity index (χ4n) is 3.58. The SMILES string of the molecule is Cc1ccc(S(=O)(=O)C(=O)O[C@@H]2CO[C@H]3[C@@H]2OC[C@@H]3OC(=O)NCc2ccccc2)cc1. The number of benzene rings is 2. The molecular weight excluding hydrogens is 438 g/mol. The maximum Gasteiger partial charge on any atom is 0.430 e. The number of nitrogens with one attached hydrogen (secondary N) is 1. The van der Waals surface area contributed by atoms with E-state index >= 15 is 0 Å². The quantitative estimate of drug-likeness (QED) is 0.675. The zero-order valence-corrected chi connectivity index (χ0v) is 18.1. The van der Waals surface area contributed by atoms with Crippen molar-refractivity contribution in [1.29, 1.82) is 0 Å². The van der Waals surface area contributed by atoms with Crippen LogP contribution in [0.4, 0.5) is 9.59 Å². The molecule has 32 heavy (non-hydrogen) atoms. The minimum absolute atomic E-state index is 0.0485. The number of fused-ring (bicyclic) bond motifs is 1. The highest BCUT2D eigenvalue weighted by Gasteiger charge is 2.52. The molecule has 2 saturated heterocycles. The van der Waals surface area contributed by atoms with Gasteiger partial charge in [0, 0.05) is 6.54 Å². The second kappa shape index (κ2) is 9.27. The maximum absolute atomic E-state index is 12.5. The molecule has 2 heterocycles. The molecule has 2 aromatic rings. The summed E-state index contributed by atoms with van der Waals surface area (Å²) in [5.74, 6) is 0. The fourth-order valence-corrected chi connectivity index (χ4v) is 4.52. The second-order valence-corrected chi connectivity index (χ2v) is 9.41. The van der Waals surface area contributed by atoms with E-state index in [4.69, 9.17) is 18.9 Å². The van der Waals surface area contributed by atoms with E-state index in [9.17, 15) is 18.0 Å². The number of aryl methyl sites for hydroxylation is 1. The lowest BCUT2D eigenvalue weighted by Gasteiger charge is -2.17. The summed E-state index contributed by atoms with van der Waals surface area (Å²) in [6.45, 7) is 2.10. The molecule has 2 aliphatic rings. The van der Waals surface area contributed by atoms with Crippen molar-refractivity contribution in [2.24, 2.45) is 0 Å². The predicted octanol–water partition coefficient (Wildman–Crippen LogP) is 2.37. The first-order chi connectivity index (χ1) is 15.3. The first-order valence-electron chi connectivity index (χ1n) is 10.1. The van der Waals surface area contributed by atoms with Crippen molar-refractivity contribution in [3.63, 3.8) is 0 Å². The summed E-state index contributed by atoms with van der Waals surface area (Å²) in [5, 5.41) is 1.28. The van der Waals surface area contributed by atoms with Crippen LogP contribution in [0.25, 0.3) is 0 Å². The molecule has 0 aliphatic carbocycles. The van der Waals surface area contributed by atoms with Crippen LogP contribution < -0.4 is 5.32 Å². The molecule has 0 radical (unpaired) electrons. The van der Waals surface area contributed by atoms with Gasteiger partial charge in [0.2, 0.25) is 0 Å². The number of alkyl carbamates (subject to hydrolysis) is 1. The Morgan fingerprint density at radius 1 is 0.938 bits per heavy atom. The lowest BCUT2D eigenvalue weighted by atomic mass is 10.1. The van der Waals surface area contributed by atoms with Crippen molar-refractivity contribution in [2.45, 2.75) is 42.8 Å². The summed E-state index contributed by atoms with van der Waals surface area (Å²) in [5.41, 5.74) is 1.78. The Hall–Kier alpha value is -2.95. The number of sulfone groups is 1. The molecule has 0 bridgehead atoms. The van der Waals surface area contributed by atoms with E-state index in [-0.39, 0.29) is 18.1 Å². The number of amides is 1. The number of hydrogen-bond acceptors (Lipinski definition) is 8. The summed E-state index contributed by atoms with van der Waals surface area (Å²) >= 11 is 0. The van der Waals surface area contributed by atoms with Crippen LogP contribution in [-0.4, -0.2) is 57.4 Å². The molecule has 4 rings (SSSR count). The van der Waals surface area contributed by atoms with Crippen molar-refractivity contribution in [2.75, 3.05) is 13.2 Å². The molecule has 0 spiro atoms. The number of rotatable bonds is 5. The standard InChI is InChI=1S/C22H23NO8S/c1-14-7-9-16(10-8-14)32(26,27)22(25)31-18-13-29-19-17(12-28-20(18)19)30-21(24)23-11-15-5-3-2-4-6-15/h2-10,17-20H,11-13H2,1H3,(H,23,24)/t17-,18+,19+,20+/m0/s1. The van der Waals surface area contributed by atoms with E-state index in [1.807, 2.05) is 37.3 Å². The van der Waals surface area contributed by atoms with Gasteiger partial charge in [-0.15, -0.1) is 0 Å². The lowest BCUT2D eigenvalue weighted by molar-refractivity contribution is -0.00815. The molecule has 170 valence electrons. The molecule has 1 amide bonds. The Bertz CT molecular complexity index is 1070. The van der Waals surface area contributed by atoms with Gasteiger partial charge in [-0.25, -0.2) is 18.0 Å². The van der Waals surface area contributed by atoms with E-state index in [0.717, 1.165) is 11.1 Å². The molecule has 4 atom stereocenters. The van der Waals surface area contributed by atoms with Crippen LogP contribution in [0.15, 0.2) is 59.5 Å². The third kappa shape index (κ3) is 4.77. The van der Waals surface area contributed by atoms with Crippen LogP contribution in [0.3, 0.4) is 0 Å². The van der Waals surface area contributed by atoms with Crippen molar-refractivity contribution in [1.82, 2.24) is 5.32 Å². The van der Waals surface area contributed by atoms with Gasteiger partial charge < -0.3 is 24.3 Å². The predicted molar refractivity (Wildman–Crippen MR) is 112 cm³/mol. The van der Waals surface area contributed by atoms with Crippen LogP contribution >= 0.6 is 0 Å². The number of hydrogen-bond donors (Lipinski definition) is 1. The number of ether oxygens (including phenoxy) is 4. The highest BCUT2D eigenvalue weighted by molar-refractivity contribution is 8.05. The zero-order valence-electron chi connectivity index (χ0n) is 17.3. The van der Waals surface area contributed by atoms with E-state index < -0.39 is 45.6 Å². The maximum atomic E-state index is 12.5. The Morgan fingerprint density at radius 2 is 1.53 bits per heavy atom. The Labute approximate surface area is 185 Å². The molecule has 9 nitrogen and oxygen atoms in total. The van der Waals surface area contributed by atoms with Crippen LogP contribution in [-0.2, 0) is 35.3 Å². The largest absolute Gasteiger partial charge is 0.445 e. The summed E-state index contributed by atoms with van der Waals surface area (Å²) in [4.78, 5) is 24.3. The van der Waals surface area contributed by atoms with E-state index in [0.29, 0.717) is 6.54 Å². The Morgan fingerprint density at radius 3 is 2.16 bits per heavy atom. The van der Waals surface area contributed by atoms with Crippen molar-refractivity contribution in [3.8, 4) is 0 Å². The summed E-state index contributed by atoms with van der Waals surface area (Å²) in [6.07, 6.45) is -3.63. The van der Waals surface area contributed by atoms with Gasteiger partial charge in [-0.2, -0.15) is 0 Å². The monoisotopic (exact) mass is 461 g/mol. The molecule has 0 unspecified atom stereocenters. The van der Waals surface area contributed by atoms with E-state index in [2.05, 4.69) is 5.32 Å². The molecule has 0 saturated carbocycles. The van der Waals surface area contributed by atoms with Crippen molar-refractivity contribution in [3.05, 3.63) is 65.7 Å². The first-order valence-corrected chi connectivity index (χ1v) is 11.6. The zero-order chi connectivity index (χ0) is 22.7. The minimum Gasteiger partial charge on any atom is -0.445 e. The average Bonchev–Trinajstić information content (AvgIpc) is 3.37. The van der Waals surface area contributed by atoms with E-state index in [1.165, 1.54) is 12.1 Å². The summed E-state index contributed by atoms with van der Waals surface area (Å²) in [7, 11) is -4.31. The van der Waals surface area contributed by atoms with Crippen LogP contribution in [0.2, 0.25) is 0 Å². The van der Waals surface area contributed by atoms with Crippen LogP contribution in [0.5, 0.6) is 0 Å². The average molecular weight is 461 g/mol. The molecule has 2 fully saturated rings. The van der Waals surface area contributed by atoms with Crippen molar-refractivity contribution >= 4 is 21.2 Å². The molecular formula is C22H23NO8S. The van der Waals surface area contributed by atoms with Crippen LogP contribution in [0.1, 0.15) is 11.1 Å². The van der Waals surface area contributed by atoms with Crippen LogP contribution in [0, 0.1) is 6.92 Å². The smallest absolute Gasteiger partial charge is 0.430 e. The van der Waals surface area contributed by atoms with Gasteiger partial charge in [-0.05, 0) is 24.6 Å². The van der Waals surface area contributed by atoms with Gasteiger partial charge in [0.15, 0.2) is 12.2 Å². The topological polar surface area (TPSA) is 117 Å². The normalized spacial score (nSPS) is 24.5. The van der Waals surface area contributed by atoms with Gasteiger partial charge in [0.05, 0.1) is 18.1 Å². The van der Waals surface area contributed by atoms with Gasteiger partial charge in [-0.1, -0.05) is 48.0 Å². The fraction of sp³-hybridized carbons (Fsp3) is 0.364. The van der Waals surface area contributed by atoms with E-state index in [1.54, 1.807) is 12.1 Å². The highest BCUT2D eigenvalue weighted by atomic mass is 32.2.